The fraction of sp³-hybridized carbons (Fsp3) is 0.667. The predicted molar refractivity (Wildman–Crippen MR) is 121 cm³/mol. The van der Waals surface area contributed by atoms with Gasteiger partial charge in [0.2, 0.25) is 0 Å². The summed E-state index contributed by atoms with van der Waals surface area (Å²) >= 11 is 6.54. The van der Waals surface area contributed by atoms with Crippen LogP contribution in [0.1, 0.15) is 75.7 Å². The topological polar surface area (TPSA) is 65.9 Å². The highest BCUT2D eigenvalue weighted by atomic mass is 35.5. The van der Waals surface area contributed by atoms with E-state index in [1.165, 1.54) is 6.21 Å². The molecule has 1 aromatic heterocycles. The number of anilines is 1. The van der Waals surface area contributed by atoms with Crippen LogP contribution in [0.2, 0.25) is 5.15 Å². The number of aromatic nitrogens is 1. The number of piperidine rings is 1. The van der Waals surface area contributed by atoms with Crippen molar-refractivity contribution < 1.29 is 9.00 Å². The minimum absolute atomic E-state index is 0.0508. The molecule has 1 amide bonds. The van der Waals surface area contributed by atoms with Crippen LogP contribution in [0.3, 0.4) is 0 Å². The van der Waals surface area contributed by atoms with Gasteiger partial charge in [0.25, 0.3) is 5.91 Å². The Balaban J connectivity index is 2.02. The lowest BCUT2D eigenvalue weighted by Crippen LogP contribution is -2.36. The summed E-state index contributed by atoms with van der Waals surface area (Å²) in [6, 6.07) is 2.20. The van der Waals surface area contributed by atoms with Crippen molar-refractivity contribution in [1.82, 2.24) is 9.88 Å². The van der Waals surface area contributed by atoms with E-state index in [0.717, 1.165) is 57.6 Å². The van der Waals surface area contributed by atoms with Crippen molar-refractivity contribution in [2.24, 2.45) is 4.40 Å². The second-order valence-electron chi connectivity index (χ2n) is 8.87. The molecular formula is C21H31ClN4O2S. The maximum atomic E-state index is 13.3. The number of carbonyl (C=O) groups is 1. The molecule has 2 saturated heterocycles. The molecule has 2 atom stereocenters. The van der Waals surface area contributed by atoms with Gasteiger partial charge in [-0.15, -0.1) is 0 Å². The van der Waals surface area contributed by atoms with E-state index in [9.17, 15) is 9.00 Å². The van der Waals surface area contributed by atoms with Gasteiger partial charge in [0.1, 0.15) is 22.0 Å². The molecule has 2 aliphatic heterocycles. The molecule has 160 valence electrons. The van der Waals surface area contributed by atoms with Crippen LogP contribution in [0, 0.1) is 0 Å². The normalized spacial score (nSPS) is 21.8. The van der Waals surface area contributed by atoms with Crippen LogP contribution in [0.4, 0.5) is 5.82 Å². The Morgan fingerprint density at radius 3 is 2.52 bits per heavy atom. The molecule has 1 unspecified atom stereocenters. The number of carbonyl (C=O) groups excluding carboxylic acids is 1. The number of rotatable bonds is 4. The van der Waals surface area contributed by atoms with Gasteiger partial charge < -0.3 is 9.80 Å². The summed E-state index contributed by atoms with van der Waals surface area (Å²) in [7, 11) is -1.44. The number of halogens is 1. The summed E-state index contributed by atoms with van der Waals surface area (Å²) in [4.78, 5) is 22.0. The van der Waals surface area contributed by atoms with Crippen LogP contribution in [0.15, 0.2) is 10.5 Å². The monoisotopic (exact) mass is 438 g/mol. The Morgan fingerprint density at radius 1 is 1.24 bits per heavy atom. The van der Waals surface area contributed by atoms with E-state index >= 15 is 0 Å². The van der Waals surface area contributed by atoms with Gasteiger partial charge in [-0.3, -0.25) is 4.79 Å². The van der Waals surface area contributed by atoms with Crippen LogP contribution in [0.5, 0.6) is 0 Å². The first-order valence-corrected chi connectivity index (χ1v) is 11.9. The molecule has 3 rings (SSSR count). The van der Waals surface area contributed by atoms with Gasteiger partial charge in [0.15, 0.2) is 0 Å². The average Bonchev–Trinajstić information content (AvgIpc) is 3.11. The number of likely N-dealkylation sites (tertiary alicyclic amines) is 1. The summed E-state index contributed by atoms with van der Waals surface area (Å²) in [6.45, 7) is 10.1. The largest absolute Gasteiger partial charge is 0.354 e. The van der Waals surface area contributed by atoms with Crippen LogP contribution in [0.25, 0.3) is 0 Å². The first-order chi connectivity index (χ1) is 13.7. The Bertz CT molecular complexity index is 816. The van der Waals surface area contributed by atoms with Gasteiger partial charge in [0.05, 0.1) is 10.3 Å². The van der Waals surface area contributed by atoms with Crippen molar-refractivity contribution in [3.63, 3.8) is 0 Å². The lowest BCUT2D eigenvalue weighted by molar-refractivity contribution is 0.0724. The minimum atomic E-state index is -1.44. The van der Waals surface area contributed by atoms with Crippen LogP contribution < -0.4 is 4.90 Å². The first-order valence-electron chi connectivity index (χ1n) is 10.4. The first kappa shape index (κ1) is 22.2. The highest BCUT2D eigenvalue weighted by molar-refractivity contribution is 7.85. The van der Waals surface area contributed by atoms with Crippen molar-refractivity contribution in [2.75, 3.05) is 24.5 Å². The van der Waals surface area contributed by atoms with E-state index < -0.39 is 15.7 Å². The van der Waals surface area contributed by atoms with Crippen LogP contribution in [-0.4, -0.2) is 56.6 Å². The molecule has 0 N–H and O–H groups in total. The van der Waals surface area contributed by atoms with E-state index in [0.29, 0.717) is 17.2 Å². The lowest BCUT2D eigenvalue weighted by Gasteiger charge is -2.28. The second kappa shape index (κ2) is 9.13. The molecule has 2 fully saturated rings. The molecule has 3 heterocycles. The van der Waals surface area contributed by atoms with Crippen molar-refractivity contribution >= 4 is 40.5 Å². The molecule has 8 heteroatoms. The second-order valence-corrected chi connectivity index (χ2v) is 11.2. The molecular weight excluding hydrogens is 408 g/mol. The molecule has 0 aliphatic carbocycles. The zero-order chi connectivity index (χ0) is 21.2. The molecule has 0 spiro atoms. The van der Waals surface area contributed by atoms with Gasteiger partial charge in [-0.1, -0.05) is 11.6 Å². The van der Waals surface area contributed by atoms with E-state index in [-0.39, 0.29) is 11.1 Å². The smallest absolute Gasteiger partial charge is 0.254 e. The number of amides is 1. The van der Waals surface area contributed by atoms with Gasteiger partial charge in [-0.25, -0.2) is 9.19 Å². The average molecular weight is 439 g/mol. The highest BCUT2D eigenvalue weighted by Gasteiger charge is 2.28. The molecule has 29 heavy (non-hydrogen) atoms. The summed E-state index contributed by atoms with van der Waals surface area (Å²) < 4.78 is 16.1. The number of hydrogen-bond donors (Lipinski definition) is 0. The summed E-state index contributed by atoms with van der Waals surface area (Å²) in [6.07, 6.45) is 6.84. The Morgan fingerprint density at radius 2 is 1.93 bits per heavy atom. The molecule has 1 aromatic rings. The standard InChI is InChI=1S/C21H31ClN4O2S/c1-15-9-8-12-26(15)18-13-16(20(27)25-10-6-5-7-11-25)17(19(22)24-18)14-23-29(28)21(2,3)4/h13-15H,5-12H2,1-4H3/b23-14+/t15-,29?/m1/s1. The lowest BCUT2D eigenvalue weighted by atomic mass is 10.1. The molecule has 0 bridgehead atoms. The molecule has 0 aromatic carbocycles. The summed E-state index contributed by atoms with van der Waals surface area (Å²) in [5.41, 5.74) is 0.950. The SMILES string of the molecule is C[C@@H]1CCCN1c1cc(C(=O)N2CCCCC2)c(/C=N/S(=O)C(C)(C)C)c(Cl)n1. The van der Waals surface area contributed by atoms with E-state index in [1.54, 1.807) is 0 Å². The third kappa shape index (κ3) is 5.18. The van der Waals surface area contributed by atoms with E-state index in [2.05, 4.69) is 21.2 Å². The Kier molecular flexibility index (Phi) is 6.99. The maximum Gasteiger partial charge on any atom is 0.254 e. The van der Waals surface area contributed by atoms with Crippen molar-refractivity contribution in [3.8, 4) is 0 Å². The molecule has 6 nitrogen and oxygen atoms in total. The zero-order valence-corrected chi connectivity index (χ0v) is 19.4. The van der Waals surface area contributed by atoms with Gasteiger partial charge in [0, 0.05) is 37.5 Å². The Labute approximate surface area is 181 Å². The van der Waals surface area contributed by atoms with Crippen LogP contribution in [-0.2, 0) is 11.0 Å². The minimum Gasteiger partial charge on any atom is -0.354 e. The maximum absolute atomic E-state index is 13.3. The fourth-order valence-electron chi connectivity index (χ4n) is 3.76. The summed E-state index contributed by atoms with van der Waals surface area (Å²) in [5.74, 6) is 0.680. The van der Waals surface area contributed by atoms with E-state index in [1.807, 2.05) is 31.7 Å². The van der Waals surface area contributed by atoms with Gasteiger partial charge in [-0.05, 0) is 65.9 Å². The molecule has 0 saturated carbocycles. The molecule has 0 radical (unpaired) electrons. The molecule has 2 aliphatic rings. The summed E-state index contributed by atoms with van der Waals surface area (Å²) in [5, 5.41) is 0.233. The number of hydrogen-bond acceptors (Lipinski definition) is 4. The number of nitrogens with zero attached hydrogens (tertiary/aromatic N) is 4. The highest BCUT2D eigenvalue weighted by Crippen LogP contribution is 2.29. The quantitative estimate of drug-likeness (QED) is 0.521. The van der Waals surface area contributed by atoms with Gasteiger partial charge >= 0.3 is 0 Å². The number of pyridine rings is 1. The van der Waals surface area contributed by atoms with Crippen molar-refractivity contribution in [1.29, 1.82) is 0 Å². The zero-order valence-electron chi connectivity index (χ0n) is 17.8. The van der Waals surface area contributed by atoms with E-state index in [4.69, 9.17) is 11.6 Å². The van der Waals surface area contributed by atoms with Crippen LogP contribution >= 0.6 is 11.6 Å². The van der Waals surface area contributed by atoms with Gasteiger partial charge in [-0.2, -0.15) is 4.40 Å². The third-order valence-corrected chi connectivity index (χ3v) is 7.15. The fourth-order valence-corrected chi connectivity index (χ4v) is 4.51. The third-order valence-electron chi connectivity index (χ3n) is 5.52. The Hall–Kier alpha value is -1.47. The van der Waals surface area contributed by atoms with Crippen molar-refractivity contribution in [2.45, 2.75) is 70.6 Å². The van der Waals surface area contributed by atoms with Crippen molar-refractivity contribution in [3.05, 3.63) is 22.3 Å². The predicted octanol–water partition coefficient (Wildman–Crippen LogP) is 4.23.